The summed E-state index contributed by atoms with van der Waals surface area (Å²) in [6, 6.07) is 13.1. The number of rotatable bonds is 4. The van der Waals surface area contributed by atoms with Crippen LogP contribution in [-0.2, 0) is 0 Å². The summed E-state index contributed by atoms with van der Waals surface area (Å²) in [5.74, 6) is 0.387. The first-order valence-electron chi connectivity index (χ1n) is 8.96. The highest BCUT2D eigenvalue weighted by Crippen LogP contribution is 2.22. The average molecular weight is 391 g/mol. The van der Waals surface area contributed by atoms with Gasteiger partial charge in [-0.1, -0.05) is 5.16 Å². The lowest BCUT2D eigenvalue weighted by Gasteiger charge is -2.07. The monoisotopic (exact) mass is 391 g/mol. The van der Waals surface area contributed by atoms with E-state index in [1.54, 1.807) is 49.7 Å². The van der Waals surface area contributed by atoms with Crippen LogP contribution in [0.5, 0.6) is 0 Å². The fraction of sp³-hybridized carbons (Fsp3) is 0.143. The molecule has 0 unspecified atom stereocenters. The third-order valence-electron chi connectivity index (χ3n) is 4.52. The maximum Gasteiger partial charge on any atom is 0.259 e. The van der Waals surface area contributed by atoms with Crippen molar-refractivity contribution in [2.75, 3.05) is 5.32 Å². The normalized spacial score (nSPS) is 10.9. The Kier molecular flexibility index (Phi) is 4.67. The third-order valence-corrected chi connectivity index (χ3v) is 4.52. The molecule has 0 radical (unpaired) electrons. The maximum absolute atomic E-state index is 13.2. The Bertz CT molecular complexity index is 1180. The second-order valence-corrected chi connectivity index (χ2v) is 6.60. The Hall–Kier alpha value is -3.81. The van der Waals surface area contributed by atoms with Crippen LogP contribution in [0.3, 0.4) is 0 Å². The number of hydrogen-bond acceptors (Lipinski definition) is 5. The minimum atomic E-state index is -0.326. The molecule has 146 valence electrons. The Balaban J connectivity index is 1.56. The number of anilines is 1. The molecule has 0 spiro atoms. The predicted molar refractivity (Wildman–Crippen MR) is 105 cm³/mol. The van der Waals surface area contributed by atoms with Crippen molar-refractivity contribution < 1.29 is 13.7 Å². The molecule has 29 heavy (non-hydrogen) atoms. The van der Waals surface area contributed by atoms with Crippen LogP contribution >= 0.6 is 0 Å². The topological polar surface area (TPSA) is 85.8 Å². The number of benzene rings is 2. The first-order valence-corrected chi connectivity index (χ1v) is 8.96. The van der Waals surface area contributed by atoms with E-state index in [0.29, 0.717) is 40.0 Å². The van der Waals surface area contributed by atoms with Crippen LogP contribution in [-0.4, -0.2) is 25.8 Å². The molecule has 0 bridgehead atoms. The molecule has 4 rings (SSSR count). The molecule has 0 fully saturated rings. The van der Waals surface area contributed by atoms with Gasteiger partial charge in [-0.05, 0) is 62.4 Å². The fourth-order valence-electron chi connectivity index (χ4n) is 3.12. The molecule has 8 heteroatoms. The van der Waals surface area contributed by atoms with Crippen molar-refractivity contribution >= 4 is 11.6 Å². The molecule has 7 nitrogen and oxygen atoms in total. The van der Waals surface area contributed by atoms with E-state index in [-0.39, 0.29) is 11.7 Å². The van der Waals surface area contributed by atoms with Crippen LogP contribution in [0, 0.1) is 26.6 Å². The zero-order valence-corrected chi connectivity index (χ0v) is 16.1. The molecule has 2 heterocycles. The summed E-state index contributed by atoms with van der Waals surface area (Å²) in [5.41, 5.74) is 3.84. The second-order valence-electron chi connectivity index (χ2n) is 6.60. The van der Waals surface area contributed by atoms with Gasteiger partial charge in [0.2, 0.25) is 11.7 Å². The van der Waals surface area contributed by atoms with E-state index >= 15 is 0 Å². The van der Waals surface area contributed by atoms with Gasteiger partial charge in [-0.3, -0.25) is 4.79 Å². The number of aromatic nitrogens is 4. The van der Waals surface area contributed by atoms with E-state index in [0.717, 1.165) is 5.56 Å². The maximum atomic E-state index is 13.2. The van der Waals surface area contributed by atoms with Crippen molar-refractivity contribution in [3.63, 3.8) is 0 Å². The van der Waals surface area contributed by atoms with Gasteiger partial charge < -0.3 is 9.84 Å². The van der Waals surface area contributed by atoms with Crippen molar-refractivity contribution in [1.29, 1.82) is 0 Å². The summed E-state index contributed by atoms with van der Waals surface area (Å²) >= 11 is 0. The largest absolute Gasteiger partial charge is 0.339 e. The molecule has 0 aliphatic carbocycles. The van der Waals surface area contributed by atoms with Gasteiger partial charge in [-0.15, -0.1) is 0 Å². The van der Waals surface area contributed by atoms with Gasteiger partial charge in [0, 0.05) is 18.2 Å². The minimum absolute atomic E-state index is 0.267. The number of carbonyl (C=O) groups is 1. The van der Waals surface area contributed by atoms with Gasteiger partial charge in [-0.2, -0.15) is 10.1 Å². The smallest absolute Gasteiger partial charge is 0.259 e. The Morgan fingerprint density at radius 2 is 1.72 bits per heavy atom. The number of carbonyl (C=O) groups excluding carboxylic acids is 1. The molecule has 2 aromatic carbocycles. The molecule has 0 atom stereocenters. The standard InChI is InChI=1S/C21H18FN5O2/c1-12-19(13(2)27(25-12)18-10-6-16(22)7-11-18)21(28)24-17-8-4-15(5-9-17)20-23-14(3)29-26-20/h4-11H,1-3H3,(H,24,28). The molecular formula is C21H18FN5O2. The first-order chi connectivity index (χ1) is 13.9. The number of halogens is 1. The first kappa shape index (κ1) is 18.5. The van der Waals surface area contributed by atoms with Crippen molar-refractivity contribution in [3.05, 3.63) is 77.2 Å². The van der Waals surface area contributed by atoms with E-state index in [9.17, 15) is 9.18 Å². The van der Waals surface area contributed by atoms with Crippen molar-refractivity contribution in [2.24, 2.45) is 0 Å². The van der Waals surface area contributed by atoms with Crippen LogP contribution in [0.25, 0.3) is 17.1 Å². The van der Waals surface area contributed by atoms with Gasteiger partial charge >= 0.3 is 0 Å². The molecule has 1 N–H and O–H groups in total. The highest BCUT2D eigenvalue weighted by Gasteiger charge is 2.19. The molecule has 0 aliphatic heterocycles. The lowest BCUT2D eigenvalue weighted by molar-refractivity contribution is 0.102. The summed E-state index contributed by atoms with van der Waals surface area (Å²) in [7, 11) is 0. The molecule has 0 aliphatic rings. The van der Waals surface area contributed by atoms with Crippen LogP contribution in [0.15, 0.2) is 53.1 Å². The Morgan fingerprint density at radius 3 is 2.34 bits per heavy atom. The summed E-state index contributed by atoms with van der Waals surface area (Å²) in [6.45, 7) is 5.30. The number of amides is 1. The van der Waals surface area contributed by atoms with Crippen molar-refractivity contribution in [3.8, 4) is 17.1 Å². The van der Waals surface area contributed by atoms with E-state index in [1.165, 1.54) is 12.1 Å². The van der Waals surface area contributed by atoms with Crippen LogP contribution < -0.4 is 5.32 Å². The fourth-order valence-corrected chi connectivity index (χ4v) is 3.12. The molecule has 0 saturated heterocycles. The van der Waals surface area contributed by atoms with Gasteiger partial charge in [0.25, 0.3) is 5.91 Å². The van der Waals surface area contributed by atoms with E-state index in [1.807, 2.05) is 12.1 Å². The second kappa shape index (κ2) is 7.31. The van der Waals surface area contributed by atoms with Crippen molar-refractivity contribution in [2.45, 2.75) is 20.8 Å². The molecule has 1 amide bonds. The number of aryl methyl sites for hydroxylation is 2. The Labute approximate surface area is 166 Å². The number of hydrogen-bond donors (Lipinski definition) is 1. The quantitative estimate of drug-likeness (QED) is 0.562. The van der Waals surface area contributed by atoms with Gasteiger partial charge in [0.15, 0.2) is 0 Å². The average Bonchev–Trinajstić information content (AvgIpc) is 3.26. The lowest BCUT2D eigenvalue weighted by Crippen LogP contribution is -2.14. The number of nitrogens with zero attached hydrogens (tertiary/aromatic N) is 4. The van der Waals surface area contributed by atoms with Gasteiger partial charge in [0.05, 0.1) is 22.6 Å². The van der Waals surface area contributed by atoms with Gasteiger partial charge in [-0.25, -0.2) is 9.07 Å². The van der Waals surface area contributed by atoms with E-state index in [2.05, 4.69) is 20.6 Å². The minimum Gasteiger partial charge on any atom is -0.339 e. The lowest BCUT2D eigenvalue weighted by atomic mass is 10.1. The van der Waals surface area contributed by atoms with Crippen molar-refractivity contribution in [1.82, 2.24) is 19.9 Å². The zero-order chi connectivity index (χ0) is 20.5. The summed E-state index contributed by atoms with van der Waals surface area (Å²) in [4.78, 5) is 17.0. The molecule has 2 aromatic heterocycles. The number of nitrogens with one attached hydrogen (secondary N) is 1. The molecule has 4 aromatic rings. The highest BCUT2D eigenvalue weighted by molar-refractivity contribution is 6.06. The van der Waals surface area contributed by atoms with Crippen LogP contribution in [0.2, 0.25) is 0 Å². The highest BCUT2D eigenvalue weighted by atomic mass is 19.1. The van der Waals surface area contributed by atoms with Crippen LogP contribution in [0.1, 0.15) is 27.6 Å². The summed E-state index contributed by atoms with van der Waals surface area (Å²) in [6.07, 6.45) is 0. The predicted octanol–water partition coefficient (Wildman–Crippen LogP) is 4.24. The van der Waals surface area contributed by atoms with E-state index < -0.39 is 0 Å². The SMILES string of the molecule is Cc1nc(-c2ccc(NC(=O)c3c(C)nn(-c4ccc(F)cc4)c3C)cc2)no1. The van der Waals surface area contributed by atoms with Gasteiger partial charge in [0.1, 0.15) is 5.82 Å². The summed E-state index contributed by atoms with van der Waals surface area (Å²) in [5, 5.41) is 11.2. The van der Waals surface area contributed by atoms with E-state index in [4.69, 9.17) is 4.52 Å². The van der Waals surface area contributed by atoms with Crippen LogP contribution in [0.4, 0.5) is 10.1 Å². The Morgan fingerprint density at radius 1 is 1.03 bits per heavy atom. The third kappa shape index (κ3) is 3.64. The summed E-state index contributed by atoms with van der Waals surface area (Å²) < 4.78 is 19.8. The zero-order valence-electron chi connectivity index (χ0n) is 16.1. The molecule has 0 saturated carbocycles. The molecular weight excluding hydrogens is 373 g/mol.